The van der Waals surface area contributed by atoms with Crippen molar-refractivity contribution in [3.05, 3.63) is 52.6 Å². The molecule has 2 rings (SSSR count). The predicted molar refractivity (Wildman–Crippen MR) is 74.8 cm³/mol. The lowest BCUT2D eigenvalue weighted by Gasteiger charge is -2.16. The summed E-state index contributed by atoms with van der Waals surface area (Å²) in [6.07, 6.45) is 4.49. The Morgan fingerprint density at radius 3 is 2.84 bits per heavy atom. The number of hydrogen-bond donors (Lipinski definition) is 1. The number of halogens is 2. The summed E-state index contributed by atoms with van der Waals surface area (Å²) >= 11 is 5.77. The summed E-state index contributed by atoms with van der Waals surface area (Å²) in [5.74, 6) is -0.283. The van der Waals surface area contributed by atoms with Crippen molar-refractivity contribution >= 4 is 11.6 Å². The Morgan fingerprint density at radius 2 is 2.26 bits per heavy atom. The monoisotopic (exact) mass is 281 g/mol. The number of rotatable bonds is 5. The van der Waals surface area contributed by atoms with E-state index in [4.69, 9.17) is 11.6 Å². The van der Waals surface area contributed by atoms with Crippen LogP contribution in [0.15, 0.2) is 30.6 Å². The van der Waals surface area contributed by atoms with Crippen molar-refractivity contribution in [2.45, 2.75) is 25.9 Å². The third-order valence-corrected chi connectivity index (χ3v) is 3.37. The maximum atomic E-state index is 13.9. The van der Waals surface area contributed by atoms with Crippen LogP contribution in [0.3, 0.4) is 0 Å². The van der Waals surface area contributed by atoms with Crippen molar-refractivity contribution in [1.82, 2.24) is 15.1 Å². The zero-order valence-electron chi connectivity index (χ0n) is 11.0. The van der Waals surface area contributed by atoms with Crippen LogP contribution in [0, 0.1) is 5.82 Å². The molecular weight excluding hydrogens is 265 g/mol. The van der Waals surface area contributed by atoms with Gasteiger partial charge in [-0.1, -0.05) is 17.7 Å². The average Bonchev–Trinajstić information content (AvgIpc) is 2.84. The smallest absolute Gasteiger partial charge is 0.129 e. The van der Waals surface area contributed by atoms with E-state index in [1.165, 1.54) is 6.07 Å². The lowest BCUT2D eigenvalue weighted by atomic mass is 10.0. The molecule has 0 aliphatic rings. The van der Waals surface area contributed by atoms with Crippen LogP contribution in [0.25, 0.3) is 0 Å². The van der Waals surface area contributed by atoms with Crippen LogP contribution in [0.1, 0.15) is 24.1 Å². The highest BCUT2D eigenvalue weighted by Crippen LogP contribution is 2.23. The Bertz CT molecular complexity index is 553. The molecule has 0 radical (unpaired) electrons. The zero-order chi connectivity index (χ0) is 13.8. The van der Waals surface area contributed by atoms with Crippen molar-refractivity contribution in [2.75, 3.05) is 7.05 Å². The molecule has 0 saturated carbocycles. The van der Waals surface area contributed by atoms with Gasteiger partial charge < -0.3 is 5.32 Å². The Morgan fingerprint density at radius 1 is 1.47 bits per heavy atom. The van der Waals surface area contributed by atoms with E-state index in [1.54, 1.807) is 12.1 Å². The third kappa shape index (κ3) is 3.33. The Balaban J connectivity index is 2.19. The standard InChI is InChI=1S/C14H17ClFN3/c1-3-19-9-10(8-18-19)6-14(17-2)12-5-4-11(15)7-13(12)16/h4-5,7-9,14,17H,3,6H2,1-2H3. The quantitative estimate of drug-likeness (QED) is 0.912. The first-order valence-electron chi connectivity index (χ1n) is 6.27. The number of nitrogens with zero attached hydrogens (tertiary/aromatic N) is 2. The van der Waals surface area contributed by atoms with Crippen LogP contribution in [0.2, 0.25) is 5.02 Å². The Kier molecular flexibility index (Phi) is 4.56. The molecule has 0 bridgehead atoms. The summed E-state index contributed by atoms with van der Waals surface area (Å²) < 4.78 is 15.8. The molecule has 1 aromatic carbocycles. The fourth-order valence-corrected chi connectivity index (χ4v) is 2.23. The van der Waals surface area contributed by atoms with Crippen LogP contribution in [0.4, 0.5) is 4.39 Å². The van der Waals surface area contributed by atoms with Crippen molar-refractivity contribution in [3.8, 4) is 0 Å². The topological polar surface area (TPSA) is 29.9 Å². The molecule has 0 saturated heterocycles. The largest absolute Gasteiger partial charge is 0.313 e. The molecule has 5 heteroatoms. The molecule has 1 unspecified atom stereocenters. The molecule has 0 amide bonds. The van der Waals surface area contributed by atoms with E-state index >= 15 is 0 Å². The molecule has 0 aliphatic carbocycles. The molecule has 1 atom stereocenters. The van der Waals surface area contributed by atoms with Gasteiger partial charge in [0.15, 0.2) is 0 Å². The highest BCUT2D eigenvalue weighted by atomic mass is 35.5. The van der Waals surface area contributed by atoms with E-state index in [-0.39, 0.29) is 11.9 Å². The van der Waals surface area contributed by atoms with Gasteiger partial charge in [0.2, 0.25) is 0 Å². The van der Waals surface area contributed by atoms with E-state index in [9.17, 15) is 4.39 Å². The van der Waals surface area contributed by atoms with E-state index in [2.05, 4.69) is 10.4 Å². The summed E-state index contributed by atoms with van der Waals surface area (Å²) in [6, 6.07) is 4.69. The third-order valence-electron chi connectivity index (χ3n) is 3.14. The van der Waals surface area contributed by atoms with Gasteiger partial charge in [-0.25, -0.2) is 4.39 Å². The highest BCUT2D eigenvalue weighted by Gasteiger charge is 2.15. The summed E-state index contributed by atoms with van der Waals surface area (Å²) in [4.78, 5) is 0. The van der Waals surface area contributed by atoms with Gasteiger partial charge in [-0.05, 0) is 38.1 Å². The molecule has 0 aliphatic heterocycles. The molecule has 1 N–H and O–H groups in total. The number of aryl methyl sites for hydroxylation is 1. The van der Waals surface area contributed by atoms with Crippen LogP contribution in [0.5, 0.6) is 0 Å². The molecule has 0 fully saturated rings. The first-order valence-corrected chi connectivity index (χ1v) is 6.65. The lowest BCUT2D eigenvalue weighted by molar-refractivity contribution is 0.534. The highest BCUT2D eigenvalue weighted by molar-refractivity contribution is 6.30. The molecule has 2 aromatic rings. The van der Waals surface area contributed by atoms with Crippen molar-refractivity contribution in [3.63, 3.8) is 0 Å². The first-order chi connectivity index (χ1) is 9.13. The molecule has 102 valence electrons. The normalized spacial score (nSPS) is 12.6. The van der Waals surface area contributed by atoms with Gasteiger partial charge >= 0.3 is 0 Å². The van der Waals surface area contributed by atoms with Gasteiger partial charge in [0.05, 0.1) is 6.20 Å². The molecule has 3 nitrogen and oxygen atoms in total. The number of hydrogen-bond acceptors (Lipinski definition) is 2. The summed E-state index contributed by atoms with van der Waals surface area (Å²) in [6.45, 7) is 2.87. The molecule has 1 aromatic heterocycles. The van der Waals surface area contributed by atoms with Crippen LogP contribution < -0.4 is 5.32 Å². The van der Waals surface area contributed by atoms with Gasteiger partial charge in [-0.3, -0.25) is 4.68 Å². The van der Waals surface area contributed by atoms with E-state index in [0.717, 1.165) is 12.1 Å². The zero-order valence-corrected chi connectivity index (χ0v) is 11.8. The van der Waals surface area contributed by atoms with Gasteiger partial charge in [0.25, 0.3) is 0 Å². The van der Waals surface area contributed by atoms with Crippen LogP contribution in [-0.4, -0.2) is 16.8 Å². The van der Waals surface area contributed by atoms with Gasteiger partial charge in [-0.2, -0.15) is 5.10 Å². The SMILES string of the molecule is CCn1cc(CC(NC)c2ccc(Cl)cc2F)cn1. The fraction of sp³-hybridized carbons (Fsp3) is 0.357. The van der Waals surface area contributed by atoms with E-state index in [0.29, 0.717) is 17.0 Å². The first kappa shape index (κ1) is 14.0. The predicted octanol–water partition coefficient (Wildman–Crippen LogP) is 3.20. The number of likely N-dealkylation sites (N-methyl/N-ethyl adjacent to an activating group) is 1. The van der Waals surface area contributed by atoms with Crippen molar-refractivity contribution in [2.24, 2.45) is 0 Å². The summed E-state index contributed by atoms with van der Waals surface area (Å²) in [5, 5.41) is 7.77. The van der Waals surface area contributed by atoms with Crippen LogP contribution >= 0.6 is 11.6 Å². The molecule has 1 heterocycles. The number of benzene rings is 1. The molecular formula is C14H17ClFN3. The van der Waals surface area contributed by atoms with Crippen LogP contribution in [-0.2, 0) is 13.0 Å². The molecule has 19 heavy (non-hydrogen) atoms. The van der Waals surface area contributed by atoms with Crippen molar-refractivity contribution < 1.29 is 4.39 Å². The Hall–Kier alpha value is -1.39. The van der Waals surface area contributed by atoms with Gasteiger partial charge in [-0.15, -0.1) is 0 Å². The second-order valence-electron chi connectivity index (χ2n) is 4.42. The second kappa shape index (κ2) is 6.17. The fourth-order valence-electron chi connectivity index (χ4n) is 2.07. The Labute approximate surface area is 117 Å². The lowest BCUT2D eigenvalue weighted by Crippen LogP contribution is -2.20. The maximum absolute atomic E-state index is 13.9. The second-order valence-corrected chi connectivity index (χ2v) is 4.85. The average molecular weight is 282 g/mol. The van der Waals surface area contributed by atoms with Gasteiger partial charge in [0, 0.05) is 29.4 Å². The minimum absolute atomic E-state index is 0.0910. The maximum Gasteiger partial charge on any atom is 0.129 e. The minimum atomic E-state index is -0.283. The molecule has 0 spiro atoms. The minimum Gasteiger partial charge on any atom is -0.313 e. The van der Waals surface area contributed by atoms with Crippen molar-refractivity contribution in [1.29, 1.82) is 0 Å². The summed E-state index contributed by atoms with van der Waals surface area (Å²) in [7, 11) is 1.82. The number of nitrogens with one attached hydrogen (secondary N) is 1. The summed E-state index contributed by atoms with van der Waals surface area (Å²) in [5.41, 5.74) is 1.70. The van der Waals surface area contributed by atoms with Gasteiger partial charge in [0.1, 0.15) is 5.82 Å². The number of aromatic nitrogens is 2. The van der Waals surface area contributed by atoms with E-state index in [1.807, 2.05) is 31.0 Å². The van der Waals surface area contributed by atoms with E-state index < -0.39 is 0 Å².